The molecule has 1 fully saturated rings. The lowest BCUT2D eigenvalue weighted by atomic mass is 9.96. The Bertz CT molecular complexity index is 506. The van der Waals surface area contributed by atoms with Gasteiger partial charge in [-0.15, -0.1) is 37.2 Å². The third-order valence-electron chi connectivity index (χ3n) is 4.26. The number of hydrogen-bond acceptors (Lipinski definition) is 3. The van der Waals surface area contributed by atoms with Crippen LogP contribution in [-0.2, 0) is 0 Å². The summed E-state index contributed by atoms with van der Waals surface area (Å²) >= 11 is 0. The number of nitrogens with two attached hydrogens (primary N) is 1. The molecule has 1 saturated heterocycles. The zero-order chi connectivity index (χ0) is 14.5. The van der Waals surface area contributed by atoms with Gasteiger partial charge in [0.1, 0.15) is 0 Å². The maximum atomic E-state index is 5.75. The molecule has 2 aromatic carbocycles. The van der Waals surface area contributed by atoms with Gasteiger partial charge in [0.05, 0.1) is 6.04 Å². The van der Waals surface area contributed by atoms with E-state index in [2.05, 4.69) is 70.5 Å². The van der Waals surface area contributed by atoms with Crippen molar-refractivity contribution in [3.05, 3.63) is 71.8 Å². The van der Waals surface area contributed by atoms with Crippen LogP contribution >= 0.6 is 37.2 Å². The van der Waals surface area contributed by atoms with E-state index in [1.807, 2.05) is 0 Å². The maximum Gasteiger partial charge on any atom is 0.0602 e. The fourth-order valence-electron chi connectivity index (χ4n) is 3.09. The maximum absolute atomic E-state index is 5.75. The van der Waals surface area contributed by atoms with Crippen molar-refractivity contribution in [2.24, 2.45) is 5.73 Å². The molecule has 0 radical (unpaired) electrons. The first kappa shape index (κ1) is 23.2. The minimum atomic E-state index is 0. The van der Waals surface area contributed by atoms with Crippen LogP contribution in [0.3, 0.4) is 0 Å². The van der Waals surface area contributed by atoms with Crippen LogP contribution in [0.25, 0.3) is 0 Å². The Labute approximate surface area is 163 Å². The molecule has 1 heterocycles. The summed E-state index contributed by atoms with van der Waals surface area (Å²) in [7, 11) is 0. The fourth-order valence-corrected chi connectivity index (χ4v) is 3.09. The molecule has 0 bridgehead atoms. The van der Waals surface area contributed by atoms with Crippen molar-refractivity contribution in [3.63, 3.8) is 0 Å². The Hall–Kier alpha value is -0.810. The molecule has 0 spiro atoms. The van der Waals surface area contributed by atoms with Crippen LogP contribution in [0.2, 0.25) is 0 Å². The number of nitrogens with zero attached hydrogens (tertiary/aromatic N) is 2. The van der Waals surface area contributed by atoms with E-state index < -0.39 is 0 Å². The van der Waals surface area contributed by atoms with Crippen molar-refractivity contribution in [3.8, 4) is 0 Å². The van der Waals surface area contributed by atoms with Crippen molar-refractivity contribution in [2.75, 3.05) is 32.8 Å². The molecule has 0 unspecified atom stereocenters. The standard InChI is InChI=1S/C18H23N3.3ClH/c19-15-20-11-13-21(14-12-20)18(16-7-3-1-4-8-16)17-9-5-2-6-10-17;;;/h1-10,18H,11-15,19H2;3*1H. The monoisotopic (exact) mass is 389 g/mol. The lowest BCUT2D eigenvalue weighted by molar-refractivity contribution is 0.111. The summed E-state index contributed by atoms with van der Waals surface area (Å²) in [6.45, 7) is 4.88. The van der Waals surface area contributed by atoms with Gasteiger partial charge in [-0.25, -0.2) is 0 Å². The van der Waals surface area contributed by atoms with Gasteiger partial charge in [0.15, 0.2) is 0 Å². The van der Waals surface area contributed by atoms with Crippen LogP contribution in [0, 0.1) is 0 Å². The highest BCUT2D eigenvalue weighted by atomic mass is 35.5. The van der Waals surface area contributed by atoms with Crippen molar-refractivity contribution < 1.29 is 0 Å². The molecular weight excluding hydrogens is 365 g/mol. The Morgan fingerprint density at radius 1 is 0.708 bits per heavy atom. The molecule has 2 aromatic rings. The van der Waals surface area contributed by atoms with E-state index in [9.17, 15) is 0 Å². The van der Waals surface area contributed by atoms with Crippen LogP contribution in [0.4, 0.5) is 0 Å². The zero-order valence-electron chi connectivity index (χ0n) is 13.6. The van der Waals surface area contributed by atoms with E-state index in [1.54, 1.807) is 0 Å². The molecule has 0 amide bonds. The van der Waals surface area contributed by atoms with Crippen LogP contribution in [0.5, 0.6) is 0 Å². The molecule has 0 atom stereocenters. The van der Waals surface area contributed by atoms with Crippen molar-refractivity contribution >= 4 is 37.2 Å². The Balaban J connectivity index is 0.00000176. The first-order chi connectivity index (χ1) is 10.4. The highest BCUT2D eigenvalue weighted by Gasteiger charge is 2.25. The summed E-state index contributed by atoms with van der Waals surface area (Å²) in [4.78, 5) is 4.88. The molecular formula is C18H26Cl3N3. The number of benzene rings is 2. The van der Waals surface area contributed by atoms with Crippen LogP contribution in [-0.4, -0.2) is 42.6 Å². The summed E-state index contributed by atoms with van der Waals surface area (Å²) in [6.07, 6.45) is 0. The van der Waals surface area contributed by atoms with Crippen LogP contribution in [0.15, 0.2) is 60.7 Å². The molecule has 3 nitrogen and oxygen atoms in total. The molecule has 24 heavy (non-hydrogen) atoms. The van der Waals surface area contributed by atoms with Gasteiger partial charge in [0.25, 0.3) is 0 Å². The van der Waals surface area contributed by atoms with Gasteiger partial charge < -0.3 is 5.73 Å². The van der Waals surface area contributed by atoms with Gasteiger partial charge >= 0.3 is 0 Å². The van der Waals surface area contributed by atoms with Gasteiger partial charge in [-0.1, -0.05) is 60.7 Å². The Morgan fingerprint density at radius 3 is 1.50 bits per heavy atom. The normalized spacial score (nSPS) is 15.1. The fraction of sp³-hybridized carbons (Fsp3) is 0.333. The summed E-state index contributed by atoms with van der Waals surface area (Å²) in [5, 5.41) is 0. The highest BCUT2D eigenvalue weighted by molar-refractivity contribution is 5.86. The van der Waals surface area contributed by atoms with Gasteiger partial charge in [-0.3, -0.25) is 9.80 Å². The highest BCUT2D eigenvalue weighted by Crippen LogP contribution is 2.29. The number of piperazine rings is 1. The molecule has 6 heteroatoms. The second kappa shape index (κ2) is 11.7. The molecule has 1 aliphatic rings. The van der Waals surface area contributed by atoms with Gasteiger partial charge in [-0.05, 0) is 11.1 Å². The number of halogens is 3. The molecule has 0 aromatic heterocycles. The second-order valence-electron chi connectivity index (χ2n) is 5.56. The quantitative estimate of drug-likeness (QED) is 0.866. The number of rotatable bonds is 4. The van der Waals surface area contributed by atoms with Gasteiger partial charge in [0.2, 0.25) is 0 Å². The largest absolute Gasteiger partial charge is 0.318 e. The van der Waals surface area contributed by atoms with E-state index in [4.69, 9.17) is 5.73 Å². The van der Waals surface area contributed by atoms with E-state index in [0.717, 1.165) is 26.2 Å². The van der Waals surface area contributed by atoms with E-state index in [0.29, 0.717) is 12.7 Å². The van der Waals surface area contributed by atoms with E-state index in [1.165, 1.54) is 11.1 Å². The Morgan fingerprint density at radius 2 is 1.12 bits per heavy atom. The first-order valence-electron chi connectivity index (χ1n) is 7.65. The minimum Gasteiger partial charge on any atom is -0.318 e. The molecule has 3 rings (SSSR count). The summed E-state index contributed by atoms with van der Waals surface area (Å²) in [5.74, 6) is 0. The molecule has 0 saturated carbocycles. The third-order valence-corrected chi connectivity index (χ3v) is 4.26. The lowest BCUT2D eigenvalue weighted by Gasteiger charge is -2.39. The van der Waals surface area contributed by atoms with Crippen molar-refractivity contribution in [1.82, 2.24) is 9.80 Å². The topological polar surface area (TPSA) is 32.5 Å². The second-order valence-corrected chi connectivity index (χ2v) is 5.56. The average Bonchev–Trinajstić information content (AvgIpc) is 2.58. The lowest BCUT2D eigenvalue weighted by Crippen LogP contribution is -2.49. The molecule has 0 aliphatic carbocycles. The predicted molar refractivity (Wildman–Crippen MR) is 109 cm³/mol. The van der Waals surface area contributed by atoms with E-state index in [-0.39, 0.29) is 37.2 Å². The third kappa shape index (κ3) is 5.62. The first-order valence-corrected chi connectivity index (χ1v) is 7.65. The smallest absolute Gasteiger partial charge is 0.0602 e. The predicted octanol–water partition coefficient (Wildman–Crippen LogP) is 3.58. The zero-order valence-corrected chi connectivity index (χ0v) is 16.0. The van der Waals surface area contributed by atoms with Crippen LogP contribution < -0.4 is 5.73 Å². The minimum absolute atomic E-state index is 0. The molecule has 2 N–H and O–H groups in total. The summed E-state index contributed by atoms with van der Waals surface area (Å²) in [5.41, 5.74) is 8.49. The summed E-state index contributed by atoms with van der Waals surface area (Å²) < 4.78 is 0. The SMILES string of the molecule is Cl.Cl.Cl.NCN1CCN(C(c2ccccc2)c2ccccc2)CC1. The number of hydrogen-bond donors (Lipinski definition) is 1. The van der Waals surface area contributed by atoms with Gasteiger partial charge in [0, 0.05) is 32.8 Å². The van der Waals surface area contributed by atoms with E-state index >= 15 is 0 Å². The van der Waals surface area contributed by atoms with Gasteiger partial charge in [-0.2, -0.15) is 0 Å². The average molecular weight is 391 g/mol. The Kier molecular flexibility index (Phi) is 11.3. The summed E-state index contributed by atoms with van der Waals surface area (Å²) in [6, 6.07) is 21.9. The van der Waals surface area contributed by atoms with Crippen LogP contribution in [0.1, 0.15) is 17.2 Å². The van der Waals surface area contributed by atoms with Crippen molar-refractivity contribution in [2.45, 2.75) is 6.04 Å². The molecule has 1 aliphatic heterocycles. The molecule has 134 valence electrons. The van der Waals surface area contributed by atoms with Crippen molar-refractivity contribution in [1.29, 1.82) is 0 Å².